The highest BCUT2D eigenvalue weighted by Crippen LogP contribution is 2.30. The molecule has 12 heteroatoms. The molecule has 0 N–H and O–H groups in total. The Kier molecular flexibility index (Phi) is 9.18. The highest BCUT2D eigenvalue weighted by Gasteiger charge is 2.32. The lowest BCUT2D eigenvalue weighted by atomic mass is 9.98. The van der Waals surface area contributed by atoms with E-state index >= 15 is 0 Å². The lowest BCUT2D eigenvalue weighted by Gasteiger charge is -2.30. The maximum Gasteiger partial charge on any atom is 0.416 e. The largest absolute Gasteiger partial charge is 0.466 e. The van der Waals surface area contributed by atoms with Crippen molar-refractivity contribution >= 4 is 11.9 Å². The van der Waals surface area contributed by atoms with Crippen LogP contribution in [0.25, 0.3) is 0 Å². The molecule has 0 spiro atoms. The maximum absolute atomic E-state index is 14.4. The van der Waals surface area contributed by atoms with Gasteiger partial charge in [-0.2, -0.15) is 13.2 Å². The summed E-state index contributed by atoms with van der Waals surface area (Å²) in [5, 5.41) is 0. The predicted molar refractivity (Wildman–Crippen MR) is 133 cm³/mol. The Morgan fingerprint density at radius 1 is 1.12 bits per heavy atom. The molecule has 214 valence electrons. The van der Waals surface area contributed by atoms with E-state index < -0.39 is 35.2 Å². The zero-order chi connectivity index (χ0) is 28.9. The smallest absolute Gasteiger partial charge is 0.416 e. The monoisotopic (exact) mass is 565 g/mol. The van der Waals surface area contributed by atoms with Crippen LogP contribution in [0.5, 0.6) is 0 Å². The standard InChI is InChI=1S/C28H28F5N3O4/c1-2-39-27(38)20-6-4-10-36(15-20)26(37)24-17-40-25(34-24)16-35(14-19-8-9-22(29)12-23(19)30)13-18-5-3-7-21(11-18)28(31,32)33/h3,5,7-9,11-12,17,20H,2,4,6,10,13-16H2,1H3/t20-/m1/s1. The molecule has 1 fully saturated rings. The van der Waals surface area contributed by atoms with Crippen molar-refractivity contribution in [3.8, 4) is 0 Å². The quantitative estimate of drug-likeness (QED) is 0.249. The number of piperidine rings is 1. The molecule has 2 heterocycles. The first-order valence-electron chi connectivity index (χ1n) is 12.8. The number of esters is 1. The number of alkyl halides is 3. The molecule has 0 bridgehead atoms. The molecule has 0 saturated carbocycles. The lowest BCUT2D eigenvalue weighted by Crippen LogP contribution is -2.43. The average molecular weight is 566 g/mol. The third-order valence-corrected chi connectivity index (χ3v) is 6.53. The predicted octanol–water partition coefficient (Wildman–Crippen LogP) is 5.59. The van der Waals surface area contributed by atoms with Crippen molar-refractivity contribution in [3.63, 3.8) is 0 Å². The first-order valence-corrected chi connectivity index (χ1v) is 12.8. The molecule has 1 saturated heterocycles. The topological polar surface area (TPSA) is 75.9 Å². The number of rotatable bonds is 9. The normalized spacial score (nSPS) is 15.9. The highest BCUT2D eigenvalue weighted by molar-refractivity contribution is 5.92. The van der Waals surface area contributed by atoms with E-state index in [1.54, 1.807) is 11.8 Å². The van der Waals surface area contributed by atoms with Gasteiger partial charge in [0.1, 0.15) is 17.9 Å². The summed E-state index contributed by atoms with van der Waals surface area (Å²) in [5.41, 5.74) is -0.399. The van der Waals surface area contributed by atoms with E-state index in [9.17, 15) is 31.5 Å². The number of benzene rings is 2. The van der Waals surface area contributed by atoms with E-state index in [0.717, 1.165) is 24.3 Å². The van der Waals surface area contributed by atoms with Crippen LogP contribution in [0.15, 0.2) is 53.1 Å². The number of amides is 1. The second-order valence-electron chi connectivity index (χ2n) is 9.55. The van der Waals surface area contributed by atoms with Crippen LogP contribution in [0.2, 0.25) is 0 Å². The molecular formula is C28H28F5N3O4. The third kappa shape index (κ3) is 7.44. The Labute approximate surface area is 227 Å². The zero-order valence-electron chi connectivity index (χ0n) is 21.7. The molecule has 0 aliphatic carbocycles. The minimum Gasteiger partial charge on any atom is -0.466 e. The summed E-state index contributed by atoms with van der Waals surface area (Å²) in [4.78, 5) is 32.5. The SMILES string of the molecule is CCOC(=O)[C@@H]1CCCN(C(=O)c2coc(CN(Cc3cccc(C(F)(F)F)c3)Cc3ccc(F)cc3F)n2)C1. The molecule has 0 radical (unpaired) electrons. The summed E-state index contributed by atoms with van der Waals surface area (Å²) in [6.45, 7) is 2.36. The van der Waals surface area contributed by atoms with E-state index in [0.29, 0.717) is 24.9 Å². The van der Waals surface area contributed by atoms with E-state index in [4.69, 9.17) is 9.15 Å². The van der Waals surface area contributed by atoms with Crippen LogP contribution < -0.4 is 0 Å². The van der Waals surface area contributed by atoms with Crippen LogP contribution in [0.4, 0.5) is 22.0 Å². The number of aromatic nitrogens is 1. The van der Waals surface area contributed by atoms with Gasteiger partial charge in [-0.15, -0.1) is 0 Å². The van der Waals surface area contributed by atoms with Gasteiger partial charge < -0.3 is 14.1 Å². The van der Waals surface area contributed by atoms with Crippen molar-refractivity contribution in [2.24, 2.45) is 5.92 Å². The van der Waals surface area contributed by atoms with Gasteiger partial charge in [0, 0.05) is 37.8 Å². The summed E-state index contributed by atoms with van der Waals surface area (Å²) in [6, 6.07) is 7.79. The van der Waals surface area contributed by atoms with Crippen LogP contribution in [-0.4, -0.2) is 46.4 Å². The van der Waals surface area contributed by atoms with Crippen molar-refractivity contribution < 1.29 is 40.7 Å². The number of carbonyl (C=O) groups excluding carboxylic acids is 2. The molecule has 40 heavy (non-hydrogen) atoms. The number of likely N-dealkylation sites (tertiary alicyclic amines) is 1. The van der Waals surface area contributed by atoms with Crippen LogP contribution >= 0.6 is 0 Å². The van der Waals surface area contributed by atoms with Crippen LogP contribution in [0, 0.1) is 17.6 Å². The van der Waals surface area contributed by atoms with Crippen LogP contribution in [-0.2, 0) is 35.3 Å². The molecule has 0 unspecified atom stereocenters. The highest BCUT2D eigenvalue weighted by atomic mass is 19.4. The van der Waals surface area contributed by atoms with Crippen molar-refractivity contribution in [2.45, 2.75) is 45.6 Å². The Balaban J connectivity index is 1.51. The van der Waals surface area contributed by atoms with Gasteiger partial charge in [0.25, 0.3) is 5.91 Å². The number of hydrogen-bond donors (Lipinski definition) is 0. The third-order valence-electron chi connectivity index (χ3n) is 6.53. The second kappa shape index (κ2) is 12.6. The lowest BCUT2D eigenvalue weighted by molar-refractivity contribution is -0.149. The average Bonchev–Trinajstić information content (AvgIpc) is 3.38. The van der Waals surface area contributed by atoms with Gasteiger partial charge >= 0.3 is 12.1 Å². The molecule has 1 aliphatic heterocycles. The van der Waals surface area contributed by atoms with Gasteiger partial charge in [0.05, 0.1) is 24.6 Å². The Hall–Kier alpha value is -3.80. The zero-order valence-corrected chi connectivity index (χ0v) is 21.7. The van der Waals surface area contributed by atoms with E-state index in [2.05, 4.69) is 4.98 Å². The van der Waals surface area contributed by atoms with Gasteiger partial charge in [-0.05, 0) is 37.5 Å². The van der Waals surface area contributed by atoms with Crippen molar-refractivity contribution in [2.75, 3.05) is 19.7 Å². The number of hydrogen-bond acceptors (Lipinski definition) is 6. The molecule has 1 aromatic heterocycles. The summed E-state index contributed by atoms with van der Waals surface area (Å²) in [7, 11) is 0. The molecule has 1 atom stereocenters. The molecule has 1 amide bonds. The fourth-order valence-corrected chi connectivity index (χ4v) is 4.61. The number of ether oxygens (including phenoxy) is 1. The summed E-state index contributed by atoms with van der Waals surface area (Å²) in [5.74, 6) is -2.71. The number of oxazole rings is 1. The maximum atomic E-state index is 14.4. The van der Waals surface area contributed by atoms with Gasteiger partial charge in [-0.25, -0.2) is 13.8 Å². The Bertz CT molecular complexity index is 1340. The minimum absolute atomic E-state index is 0.00601. The molecule has 1 aliphatic rings. The van der Waals surface area contributed by atoms with Crippen LogP contribution in [0.3, 0.4) is 0 Å². The Morgan fingerprint density at radius 2 is 1.93 bits per heavy atom. The van der Waals surface area contributed by atoms with Gasteiger partial charge in [0.2, 0.25) is 5.89 Å². The first kappa shape index (κ1) is 29.2. The summed E-state index contributed by atoms with van der Waals surface area (Å²) >= 11 is 0. The summed E-state index contributed by atoms with van der Waals surface area (Å²) < 4.78 is 78.2. The number of nitrogens with zero attached hydrogens (tertiary/aromatic N) is 3. The van der Waals surface area contributed by atoms with Crippen molar-refractivity contribution in [1.29, 1.82) is 0 Å². The molecule has 2 aromatic carbocycles. The van der Waals surface area contributed by atoms with E-state index in [1.807, 2.05) is 0 Å². The van der Waals surface area contributed by atoms with Crippen LogP contribution in [0.1, 0.15) is 52.8 Å². The van der Waals surface area contributed by atoms with Crippen molar-refractivity contribution in [1.82, 2.24) is 14.8 Å². The molecule has 4 rings (SSSR count). The minimum atomic E-state index is -4.54. The number of carbonyl (C=O) groups is 2. The first-order chi connectivity index (χ1) is 19.0. The Morgan fingerprint density at radius 3 is 2.65 bits per heavy atom. The fraction of sp³-hybridized carbons (Fsp3) is 0.393. The molecular weight excluding hydrogens is 537 g/mol. The van der Waals surface area contributed by atoms with E-state index in [1.165, 1.54) is 29.4 Å². The van der Waals surface area contributed by atoms with Gasteiger partial charge in [0.15, 0.2) is 5.69 Å². The summed E-state index contributed by atoms with van der Waals surface area (Å²) in [6.07, 6.45) is -2.14. The second-order valence-corrected chi connectivity index (χ2v) is 9.55. The van der Waals surface area contributed by atoms with Gasteiger partial charge in [-0.3, -0.25) is 14.5 Å². The molecule has 7 nitrogen and oxygen atoms in total. The molecule has 3 aromatic rings. The van der Waals surface area contributed by atoms with E-state index in [-0.39, 0.29) is 55.9 Å². The fourth-order valence-electron chi connectivity index (χ4n) is 4.61. The van der Waals surface area contributed by atoms with Gasteiger partial charge in [-0.1, -0.05) is 24.3 Å². The number of halogens is 5. The van der Waals surface area contributed by atoms with Crippen molar-refractivity contribution in [3.05, 3.63) is 88.6 Å².